The number of nitrogens with one attached hydrogen (secondary N) is 2. The van der Waals surface area contributed by atoms with Crippen molar-refractivity contribution < 1.29 is 14.3 Å². The fraction of sp³-hybridized carbons (Fsp3) is 0.368. The Hall–Kier alpha value is -3.36. The van der Waals surface area contributed by atoms with Gasteiger partial charge in [0.1, 0.15) is 6.54 Å². The summed E-state index contributed by atoms with van der Waals surface area (Å²) < 4.78 is 5.86. The molecule has 148 valence electrons. The Bertz CT molecular complexity index is 942. The summed E-state index contributed by atoms with van der Waals surface area (Å²) in [5.74, 6) is -1.24. The van der Waals surface area contributed by atoms with E-state index in [-0.39, 0.29) is 0 Å². The number of nitrogens with zero attached hydrogens (tertiary/aromatic N) is 2. The molecule has 0 aliphatic carbocycles. The maximum Gasteiger partial charge on any atom is 0.328 e. The van der Waals surface area contributed by atoms with E-state index >= 15 is 0 Å². The van der Waals surface area contributed by atoms with Gasteiger partial charge in [-0.1, -0.05) is 0 Å². The zero-order valence-electron chi connectivity index (χ0n) is 15.3. The molecule has 1 saturated heterocycles. The van der Waals surface area contributed by atoms with Gasteiger partial charge in [-0.15, -0.1) is 0 Å². The summed E-state index contributed by atoms with van der Waals surface area (Å²) in [6.07, 6.45) is 4.83. The van der Waals surface area contributed by atoms with Gasteiger partial charge >= 0.3 is 11.7 Å². The molecule has 3 rings (SSSR count). The van der Waals surface area contributed by atoms with E-state index < -0.39 is 36.3 Å². The molecule has 9 heteroatoms. The lowest BCUT2D eigenvalue weighted by Gasteiger charge is -2.28. The minimum Gasteiger partial charge on any atom is -0.454 e. The molecule has 9 nitrogen and oxygen atoms in total. The van der Waals surface area contributed by atoms with Crippen LogP contribution < -0.4 is 21.5 Å². The lowest BCUT2D eigenvalue weighted by molar-refractivity contribution is -0.148. The lowest BCUT2D eigenvalue weighted by atomic mass is 10.1. The van der Waals surface area contributed by atoms with E-state index in [1.165, 1.54) is 25.5 Å². The number of ether oxygens (including phenoxy) is 1. The molecule has 2 heterocycles. The van der Waals surface area contributed by atoms with Crippen molar-refractivity contribution in [3.63, 3.8) is 0 Å². The summed E-state index contributed by atoms with van der Waals surface area (Å²) in [4.78, 5) is 50.6. The molecule has 1 aliphatic rings. The van der Waals surface area contributed by atoms with Crippen LogP contribution in [0.1, 0.15) is 19.3 Å². The van der Waals surface area contributed by atoms with Gasteiger partial charge in [0, 0.05) is 36.7 Å². The predicted octanol–water partition coefficient (Wildman–Crippen LogP) is 0.709. The Kier molecular flexibility index (Phi) is 6.25. The molecule has 1 aromatic carbocycles. The van der Waals surface area contributed by atoms with E-state index in [0.717, 1.165) is 29.4 Å². The molecule has 1 amide bonds. The van der Waals surface area contributed by atoms with Crippen LogP contribution in [0.3, 0.4) is 0 Å². The molecule has 28 heavy (non-hydrogen) atoms. The van der Waals surface area contributed by atoms with Crippen molar-refractivity contribution in [2.45, 2.75) is 25.8 Å². The van der Waals surface area contributed by atoms with E-state index in [9.17, 15) is 19.2 Å². The second kappa shape index (κ2) is 9.03. The van der Waals surface area contributed by atoms with Crippen LogP contribution in [0.2, 0.25) is 0 Å². The second-order valence-electron chi connectivity index (χ2n) is 6.54. The van der Waals surface area contributed by atoms with Crippen LogP contribution in [0.4, 0.5) is 11.4 Å². The standard InChI is InChI=1S/C19H22N4O5/c24-16-8-11-23(19(27)21-16)12-18(26)28-13-17(25)20-14-4-6-15(7-5-14)22-9-2-1-3-10-22/h4-8,11H,1-3,9-10,12-13H2,(H,20,25)(H,21,24,27). The number of piperidine rings is 1. The Morgan fingerprint density at radius 1 is 1.04 bits per heavy atom. The number of anilines is 2. The number of amides is 1. The molecular weight excluding hydrogens is 364 g/mol. The first kappa shape index (κ1) is 19.4. The number of H-pyrrole nitrogens is 1. The maximum atomic E-state index is 12.0. The summed E-state index contributed by atoms with van der Waals surface area (Å²) >= 11 is 0. The van der Waals surface area contributed by atoms with Gasteiger partial charge in [-0.3, -0.25) is 23.9 Å². The van der Waals surface area contributed by atoms with Gasteiger partial charge in [-0.2, -0.15) is 0 Å². The van der Waals surface area contributed by atoms with Gasteiger partial charge in [0.25, 0.3) is 11.5 Å². The monoisotopic (exact) mass is 386 g/mol. The van der Waals surface area contributed by atoms with Crippen LogP contribution in [0.25, 0.3) is 0 Å². The van der Waals surface area contributed by atoms with Gasteiger partial charge < -0.3 is 15.0 Å². The Labute approximate surface area is 160 Å². The van der Waals surface area contributed by atoms with Gasteiger partial charge in [-0.25, -0.2) is 4.79 Å². The second-order valence-corrected chi connectivity index (χ2v) is 6.54. The highest BCUT2D eigenvalue weighted by molar-refractivity contribution is 5.92. The van der Waals surface area contributed by atoms with Gasteiger partial charge in [-0.05, 0) is 43.5 Å². The molecule has 2 N–H and O–H groups in total. The zero-order chi connectivity index (χ0) is 19.9. The third kappa shape index (κ3) is 5.32. The first-order chi connectivity index (χ1) is 13.5. The van der Waals surface area contributed by atoms with Crippen molar-refractivity contribution in [2.75, 3.05) is 29.9 Å². The largest absolute Gasteiger partial charge is 0.454 e. The Morgan fingerprint density at radius 2 is 1.75 bits per heavy atom. The highest BCUT2D eigenvalue weighted by Crippen LogP contribution is 2.21. The molecule has 0 saturated carbocycles. The number of hydrogen-bond acceptors (Lipinski definition) is 6. The number of hydrogen-bond donors (Lipinski definition) is 2. The van der Waals surface area contributed by atoms with Crippen LogP contribution in [0.15, 0.2) is 46.1 Å². The first-order valence-electron chi connectivity index (χ1n) is 9.11. The summed E-state index contributed by atoms with van der Waals surface area (Å²) in [6.45, 7) is 1.22. The van der Waals surface area contributed by atoms with E-state index in [4.69, 9.17) is 4.74 Å². The number of carbonyl (C=O) groups excluding carboxylic acids is 2. The predicted molar refractivity (Wildman–Crippen MR) is 103 cm³/mol. The molecule has 0 atom stereocenters. The highest BCUT2D eigenvalue weighted by Gasteiger charge is 2.12. The molecule has 1 fully saturated rings. The van der Waals surface area contributed by atoms with Gasteiger partial charge in [0.15, 0.2) is 6.61 Å². The SMILES string of the molecule is O=C(COC(=O)Cn1ccc(=O)[nH]c1=O)Nc1ccc(N2CCCCC2)cc1. The van der Waals surface area contributed by atoms with Crippen molar-refractivity contribution in [1.82, 2.24) is 9.55 Å². The third-order valence-corrected chi connectivity index (χ3v) is 4.43. The normalized spacial score (nSPS) is 13.8. The van der Waals surface area contributed by atoms with Crippen molar-refractivity contribution in [1.29, 1.82) is 0 Å². The van der Waals surface area contributed by atoms with E-state index in [2.05, 4.69) is 10.2 Å². The highest BCUT2D eigenvalue weighted by atomic mass is 16.5. The fourth-order valence-corrected chi connectivity index (χ4v) is 3.00. The topological polar surface area (TPSA) is 113 Å². The van der Waals surface area contributed by atoms with Crippen molar-refractivity contribution in [3.05, 3.63) is 57.4 Å². The smallest absolute Gasteiger partial charge is 0.328 e. The number of aromatic amines is 1. The van der Waals surface area contributed by atoms with Crippen molar-refractivity contribution >= 4 is 23.3 Å². The molecule has 0 radical (unpaired) electrons. The Morgan fingerprint density at radius 3 is 2.43 bits per heavy atom. The number of benzene rings is 1. The number of aromatic nitrogens is 2. The summed E-state index contributed by atoms with van der Waals surface area (Å²) in [7, 11) is 0. The van der Waals surface area contributed by atoms with Crippen LogP contribution in [-0.2, 0) is 20.9 Å². The molecule has 0 bridgehead atoms. The summed E-state index contributed by atoms with van der Waals surface area (Å²) in [6, 6.07) is 8.65. The van der Waals surface area contributed by atoms with Gasteiger partial charge in [0.2, 0.25) is 0 Å². The first-order valence-corrected chi connectivity index (χ1v) is 9.11. The summed E-state index contributed by atoms with van der Waals surface area (Å²) in [5.41, 5.74) is 0.456. The van der Waals surface area contributed by atoms with Gasteiger partial charge in [0.05, 0.1) is 0 Å². The summed E-state index contributed by atoms with van der Waals surface area (Å²) in [5, 5.41) is 2.66. The molecule has 2 aromatic rings. The zero-order valence-corrected chi connectivity index (χ0v) is 15.3. The van der Waals surface area contributed by atoms with Crippen molar-refractivity contribution in [3.8, 4) is 0 Å². The van der Waals surface area contributed by atoms with Crippen LogP contribution >= 0.6 is 0 Å². The number of esters is 1. The number of carbonyl (C=O) groups is 2. The average Bonchev–Trinajstić information content (AvgIpc) is 2.70. The van der Waals surface area contributed by atoms with Crippen LogP contribution in [0.5, 0.6) is 0 Å². The molecule has 1 aliphatic heterocycles. The quantitative estimate of drug-likeness (QED) is 0.707. The number of rotatable bonds is 6. The van der Waals surface area contributed by atoms with Crippen LogP contribution in [0, 0.1) is 0 Å². The minimum absolute atomic E-state index is 0.395. The van der Waals surface area contributed by atoms with E-state index in [1.54, 1.807) is 0 Å². The maximum absolute atomic E-state index is 12.0. The minimum atomic E-state index is -0.759. The lowest BCUT2D eigenvalue weighted by Crippen LogP contribution is -2.32. The van der Waals surface area contributed by atoms with E-state index in [1.807, 2.05) is 29.2 Å². The molecule has 1 aromatic heterocycles. The third-order valence-electron chi connectivity index (χ3n) is 4.43. The molecular formula is C19H22N4O5. The van der Waals surface area contributed by atoms with Crippen molar-refractivity contribution in [2.24, 2.45) is 0 Å². The molecule has 0 spiro atoms. The van der Waals surface area contributed by atoms with Crippen LogP contribution in [-0.4, -0.2) is 41.1 Å². The average molecular weight is 386 g/mol. The van der Waals surface area contributed by atoms with E-state index in [0.29, 0.717) is 5.69 Å². The molecule has 0 unspecified atom stereocenters. The fourth-order valence-electron chi connectivity index (χ4n) is 3.00. The Balaban J connectivity index is 1.46.